The van der Waals surface area contributed by atoms with Gasteiger partial charge in [-0.1, -0.05) is 6.92 Å². The van der Waals surface area contributed by atoms with Crippen molar-refractivity contribution in [1.82, 2.24) is 0 Å². The highest BCUT2D eigenvalue weighted by Crippen LogP contribution is 2.35. The van der Waals surface area contributed by atoms with Crippen molar-refractivity contribution in [3.63, 3.8) is 0 Å². The molecule has 0 radical (unpaired) electrons. The molecule has 4 atom stereocenters. The first-order valence-electron chi connectivity index (χ1n) is 10.7. The average Bonchev–Trinajstić information content (AvgIpc) is 2.77. The van der Waals surface area contributed by atoms with Crippen LogP contribution >= 0.6 is 9.24 Å². The Hall–Kier alpha value is -2.64. The number of ether oxygens (including phenoxy) is 2. The molecular weight excluding hydrogens is 496 g/mol. The van der Waals surface area contributed by atoms with Gasteiger partial charge in [-0.05, 0) is 59.5 Å². The first-order valence-corrected chi connectivity index (χ1v) is 11.3. The molecule has 0 aromatic heterocycles. The zero-order chi connectivity index (χ0) is 25.4. The molecule has 2 nitrogen and oxygen atoms in total. The van der Waals surface area contributed by atoms with E-state index in [9.17, 15) is 26.3 Å². The first-order chi connectivity index (χ1) is 16.5. The molecule has 1 fully saturated rings. The van der Waals surface area contributed by atoms with Crippen LogP contribution in [-0.2, 0) is 4.74 Å². The summed E-state index contributed by atoms with van der Waals surface area (Å²) < 4.78 is 109. The molecule has 35 heavy (non-hydrogen) atoms. The van der Waals surface area contributed by atoms with Gasteiger partial charge in [-0.25, -0.2) is 26.3 Å². The van der Waals surface area contributed by atoms with Crippen LogP contribution in [0.15, 0.2) is 36.4 Å². The summed E-state index contributed by atoms with van der Waals surface area (Å²) in [4.78, 5) is 0. The van der Waals surface area contributed by atoms with E-state index in [4.69, 9.17) is 4.74 Å². The van der Waals surface area contributed by atoms with E-state index in [0.29, 0.717) is 41.9 Å². The SMILES string of the molecule is CC1CCC(c2cc(F)c(-c3cc(F)c(C(F)Oc4cc(F)c(F)c(F)c4)c(F)c3)c(P)c2)OC1. The third-order valence-corrected chi connectivity index (χ3v) is 6.27. The van der Waals surface area contributed by atoms with Gasteiger partial charge in [0.2, 0.25) is 0 Å². The van der Waals surface area contributed by atoms with Crippen LogP contribution in [0.2, 0.25) is 0 Å². The van der Waals surface area contributed by atoms with E-state index < -0.39 is 52.6 Å². The van der Waals surface area contributed by atoms with Crippen LogP contribution in [0.25, 0.3) is 11.1 Å². The van der Waals surface area contributed by atoms with Crippen molar-refractivity contribution in [2.75, 3.05) is 6.61 Å². The number of alkyl halides is 1. The number of halogens is 7. The lowest BCUT2D eigenvalue weighted by molar-refractivity contribution is -0.0124. The Balaban J connectivity index is 1.62. The Morgan fingerprint density at radius 2 is 1.49 bits per heavy atom. The molecule has 0 aliphatic carbocycles. The summed E-state index contributed by atoms with van der Waals surface area (Å²) in [6, 6.07) is 5.01. The quantitative estimate of drug-likeness (QED) is 0.203. The molecule has 4 unspecified atom stereocenters. The fourth-order valence-corrected chi connectivity index (χ4v) is 4.51. The summed E-state index contributed by atoms with van der Waals surface area (Å²) in [5.41, 5.74) is -0.893. The van der Waals surface area contributed by atoms with Gasteiger partial charge >= 0.3 is 0 Å². The molecule has 0 saturated carbocycles. The molecule has 1 aliphatic rings. The normalized spacial score (nSPS) is 19.0. The van der Waals surface area contributed by atoms with Crippen molar-refractivity contribution in [3.05, 3.63) is 82.4 Å². The highest BCUT2D eigenvalue weighted by atomic mass is 31.0. The number of rotatable bonds is 5. The Morgan fingerprint density at radius 1 is 0.857 bits per heavy atom. The van der Waals surface area contributed by atoms with Gasteiger partial charge in [0.1, 0.15) is 23.2 Å². The molecule has 1 saturated heterocycles. The van der Waals surface area contributed by atoms with Crippen molar-refractivity contribution in [2.24, 2.45) is 5.92 Å². The summed E-state index contributed by atoms with van der Waals surface area (Å²) in [6.45, 7) is 2.60. The van der Waals surface area contributed by atoms with E-state index in [2.05, 4.69) is 20.9 Å². The van der Waals surface area contributed by atoms with Crippen molar-refractivity contribution < 1.29 is 40.2 Å². The van der Waals surface area contributed by atoms with Gasteiger partial charge in [0.05, 0.1) is 11.7 Å². The molecule has 1 heterocycles. The van der Waals surface area contributed by atoms with Crippen LogP contribution in [0.4, 0.5) is 30.7 Å². The predicted molar refractivity (Wildman–Crippen MR) is 119 cm³/mol. The summed E-state index contributed by atoms with van der Waals surface area (Å²) in [7, 11) is 2.31. The summed E-state index contributed by atoms with van der Waals surface area (Å²) >= 11 is 0. The van der Waals surface area contributed by atoms with E-state index in [-0.39, 0.29) is 17.2 Å². The second kappa shape index (κ2) is 10.2. The van der Waals surface area contributed by atoms with E-state index in [1.807, 2.05) is 0 Å². The molecule has 1 aliphatic heterocycles. The van der Waals surface area contributed by atoms with Crippen molar-refractivity contribution in [2.45, 2.75) is 32.2 Å². The summed E-state index contributed by atoms with van der Waals surface area (Å²) in [5.74, 6) is -9.11. The molecule has 4 rings (SSSR count). The van der Waals surface area contributed by atoms with Gasteiger partial charge in [-0.2, -0.15) is 4.39 Å². The highest BCUT2D eigenvalue weighted by Gasteiger charge is 2.26. The molecule has 0 bridgehead atoms. The Kier molecular flexibility index (Phi) is 7.38. The molecule has 3 aromatic carbocycles. The monoisotopic (exact) mass is 516 g/mol. The maximum Gasteiger partial charge on any atom is 0.269 e. The van der Waals surface area contributed by atoms with Crippen LogP contribution in [0.5, 0.6) is 5.75 Å². The first kappa shape index (κ1) is 25.5. The number of hydrogen-bond donors (Lipinski definition) is 0. The lowest BCUT2D eigenvalue weighted by Gasteiger charge is -2.27. The van der Waals surface area contributed by atoms with E-state index in [1.54, 1.807) is 6.07 Å². The zero-order valence-electron chi connectivity index (χ0n) is 18.4. The largest absolute Gasteiger partial charge is 0.456 e. The van der Waals surface area contributed by atoms with Gasteiger partial charge in [0.25, 0.3) is 6.36 Å². The average molecular weight is 516 g/mol. The zero-order valence-corrected chi connectivity index (χ0v) is 19.5. The van der Waals surface area contributed by atoms with Crippen molar-refractivity contribution >= 4 is 14.5 Å². The minimum Gasteiger partial charge on any atom is -0.456 e. The lowest BCUT2D eigenvalue weighted by atomic mass is 9.94. The lowest BCUT2D eigenvalue weighted by Crippen LogP contribution is -2.19. The Labute approximate surface area is 199 Å². The fraction of sp³-hybridized carbons (Fsp3) is 0.280. The van der Waals surface area contributed by atoms with Gasteiger partial charge in [-0.3, -0.25) is 0 Å². The highest BCUT2D eigenvalue weighted by molar-refractivity contribution is 7.28. The second-order valence-electron chi connectivity index (χ2n) is 8.46. The molecule has 0 amide bonds. The van der Waals surface area contributed by atoms with E-state index in [0.717, 1.165) is 18.6 Å². The van der Waals surface area contributed by atoms with Gasteiger partial charge < -0.3 is 9.47 Å². The van der Waals surface area contributed by atoms with Gasteiger partial charge in [0.15, 0.2) is 17.5 Å². The smallest absolute Gasteiger partial charge is 0.269 e. The topological polar surface area (TPSA) is 18.5 Å². The number of hydrogen-bond acceptors (Lipinski definition) is 2. The van der Waals surface area contributed by atoms with Crippen molar-refractivity contribution in [1.29, 1.82) is 0 Å². The molecule has 3 aromatic rings. The molecule has 186 valence electrons. The van der Waals surface area contributed by atoms with Crippen LogP contribution in [0.3, 0.4) is 0 Å². The van der Waals surface area contributed by atoms with Crippen LogP contribution in [0, 0.1) is 40.8 Å². The van der Waals surface area contributed by atoms with E-state index >= 15 is 4.39 Å². The standard InChI is InChI=1S/C25H20F7O2P/c1-11-2-3-20(33-10-11)12-4-15(26)22(21(35)7-12)13-5-16(27)23(17(28)6-13)25(32)34-14-8-18(29)24(31)19(30)9-14/h4-9,11,20,25H,2-3,10,35H2,1H3. The third-order valence-electron chi connectivity index (χ3n) is 5.81. The molecule has 0 spiro atoms. The Morgan fingerprint density at radius 3 is 2.03 bits per heavy atom. The van der Waals surface area contributed by atoms with Crippen LogP contribution in [-0.4, -0.2) is 6.61 Å². The molecule has 10 heteroatoms. The minimum absolute atomic E-state index is 0.105. The van der Waals surface area contributed by atoms with Gasteiger partial charge in [-0.15, -0.1) is 9.24 Å². The third kappa shape index (κ3) is 5.31. The number of benzene rings is 3. The summed E-state index contributed by atoms with van der Waals surface area (Å²) in [5, 5.41) is 0.319. The maximum atomic E-state index is 15.0. The van der Waals surface area contributed by atoms with Gasteiger partial charge in [0, 0.05) is 24.3 Å². The second-order valence-corrected chi connectivity index (χ2v) is 9.08. The predicted octanol–water partition coefficient (Wildman–Crippen LogP) is 7.22. The molecule has 0 N–H and O–H groups in total. The minimum atomic E-state index is -2.82. The summed E-state index contributed by atoms with van der Waals surface area (Å²) in [6.07, 6.45) is -1.49. The maximum absolute atomic E-state index is 15.0. The van der Waals surface area contributed by atoms with Crippen molar-refractivity contribution in [3.8, 4) is 16.9 Å². The fourth-order valence-electron chi connectivity index (χ4n) is 4.01. The molecular formula is C25H20F7O2P. The van der Waals surface area contributed by atoms with Crippen LogP contribution < -0.4 is 10.0 Å². The van der Waals surface area contributed by atoms with E-state index in [1.165, 1.54) is 6.07 Å². The Bertz CT molecular complexity index is 1190. The van der Waals surface area contributed by atoms with Crippen LogP contribution in [0.1, 0.15) is 43.4 Å².